The van der Waals surface area contributed by atoms with E-state index < -0.39 is 0 Å². The number of hydrogen-bond acceptors (Lipinski definition) is 4. The second-order valence-corrected chi connectivity index (χ2v) is 7.02. The number of likely N-dealkylation sites (tertiary alicyclic amines) is 1. The molecular formula is C21H23N5O. The molecule has 0 saturated carbocycles. The Labute approximate surface area is 158 Å². The second kappa shape index (κ2) is 7.31. The average Bonchev–Trinajstić information content (AvgIpc) is 3.10. The Morgan fingerprint density at radius 1 is 1.11 bits per heavy atom. The summed E-state index contributed by atoms with van der Waals surface area (Å²) in [5, 5.41) is 0. The lowest BCUT2D eigenvalue weighted by atomic mass is 10.0. The van der Waals surface area contributed by atoms with Gasteiger partial charge in [-0.15, -0.1) is 0 Å². The van der Waals surface area contributed by atoms with Crippen LogP contribution in [0, 0.1) is 13.8 Å². The molecule has 3 aromatic rings. The molecule has 27 heavy (non-hydrogen) atoms. The SMILES string of the molecule is Cc1ncccc1C(=O)N1CCCC(n2c(C)cnc2-c2cccnc2)C1. The molecule has 1 amide bonds. The maximum atomic E-state index is 13.0. The van der Waals surface area contributed by atoms with E-state index in [1.807, 2.05) is 48.5 Å². The molecule has 0 aliphatic carbocycles. The van der Waals surface area contributed by atoms with Crippen molar-refractivity contribution >= 4 is 5.91 Å². The van der Waals surface area contributed by atoms with Crippen LogP contribution in [0.5, 0.6) is 0 Å². The van der Waals surface area contributed by atoms with Gasteiger partial charge in [-0.2, -0.15) is 0 Å². The van der Waals surface area contributed by atoms with Crippen molar-refractivity contribution in [2.45, 2.75) is 32.7 Å². The zero-order valence-corrected chi connectivity index (χ0v) is 15.7. The molecule has 6 heteroatoms. The average molecular weight is 361 g/mol. The van der Waals surface area contributed by atoms with Gasteiger partial charge < -0.3 is 9.47 Å². The number of piperidine rings is 1. The normalized spacial score (nSPS) is 17.1. The van der Waals surface area contributed by atoms with Crippen LogP contribution in [0.15, 0.2) is 49.1 Å². The molecule has 0 N–H and O–H groups in total. The summed E-state index contributed by atoms with van der Waals surface area (Å²) in [6.45, 7) is 5.41. The van der Waals surface area contributed by atoms with Crippen LogP contribution in [-0.4, -0.2) is 43.4 Å². The molecule has 1 atom stereocenters. The molecule has 0 radical (unpaired) electrons. The van der Waals surface area contributed by atoms with Crippen LogP contribution < -0.4 is 0 Å². The first-order valence-corrected chi connectivity index (χ1v) is 9.30. The Bertz CT molecular complexity index is 950. The van der Waals surface area contributed by atoms with Crippen LogP contribution in [0.2, 0.25) is 0 Å². The van der Waals surface area contributed by atoms with E-state index in [2.05, 4.69) is 26.4 Å². The summed E-state index contributed by atoms with van der Waals surface area (Å²) in [6.07, 6.45) is 9.22. The highest BCUT2D eigenvalue weighted by Crippen LogP contribution is 2.29. The van der Waals surface area contributed by atoms with Gasteiger partial charge in [-0.1, -0.05) is 0 Å². The number of amides is 1. The third-order valence-corrected chi connectivity index (χ3v) is 5.19. The van der Waals surface area contributed by atoms with Crippen LogP contribution in [0.4, 0.5) is 0 Å². The smallest absolute Gasteiger partial charge is 0.255 e. The fourth-order valence-corrected chi connectivity index (χ4v) is 3.85. The van der Waals surface area contributed by atoms with Gasteiger partial charge in [0.1, 0.15) is 5.82 Å². The minimum atomic E-state index is 0.0611. The number of carbonyl (C=O) groups excluding carboxylic acids is 1. The number of carbonyl (C=O) groups is 1. The highest BCUT2D eigenvalue weighted by molar-refractivity contribution is 5.95. The number of rotatable bonds is 3. The van der Waals surface area contributed by atoms with Crippen molar-refractivity contribution in [2.75, 3.05) is 13.1 Å². The van der Waals surface area contributed by atoms with E-state index in [0.717, 1.165) is 42.2 Å². The number of aryl methyl sites for hydroxylation is 2. The summed E-state index contributed by atoms with van der Waals surface area (Å²) in [5.74, 6) is 0.975. The van der Waals surface area contributed by atoms with Gasteiger partial charge in [0.25, 0.3) is 5.91 Å². The Morgan fingerprint density at radius 3 is 2.74 bits per heavy atom. The summed E-state index contributed by atoms with van der Waals surface area (Å²) >= 11 is 0. The van der Waals surface area contributed by atoms with Gasteiger partial charge in [0.2, 0.25) is 0 Å². The lowest BCUT2D eigenvalue weighted by Crippen LogP contribution is -2.41. The van der Waals surface area contributed by atoms with Crippen molar-refractivity contribution < 1.29 is 4.79 Å². The van der Waals surface area contributed by atoms with E-state index in [4.69, 9.17) is 0 Å². The zero-order chi connectivity index (χ0) is 18.8. The van der Waals surface area contributed by atoms with Crippen LogP contribution in [0.3, 0.4) is 0 Å². The first-order chi connectivity index (χ1) is 13.1. The van der Waals surface area contributed by atoms with Crippen molar-refractivity contribution in [2.24, 2.45) is 0 Å². The first kappa shape index (κ1) is 17.4. The van der Waals surface area contributed by atoms with Gasteiger partial charge in [0.15, 0.2) is 0 Å². The van der Waals surface area contributed by atoms with Crippen molar-refractivity contribution in [3.63, 3.8) is 0 Å². The first-order valence-electron chi connectivity index (χ1n) is 9.30. The Balaban J connectivity index is 1.62. The number of imidazole rings is 1. The van der Waals surface area contributed by atoms with Gasteiger partial charge in [-0.3, -0.25) is 14.8 Å². The molecule has 4 heterocycles. The molecule has 0 aromatic carbocycles. The summed E-state index contributed by atoms with van der Waals surface area (Å²) in [7, 11) is 0. The van der Waals surface area contributed by atoms with Crippen molar-refractivity contribution in [1.29, 1.82) is 0 Å². The fraction of sp³-hybridized carbons (Fsp3) is 0.333. The number of nitrogens with zero attached hydrogens (tertiary/aromatic N) is 5. The lowest BCUT2D eigenvalue weighted by Gasteiger charge is -2.35. The van der Waals surface area contributed by atoms with Crippen LogP contribution in [0.25, 0.3) is 11.4 Å². The van der Waals surface area contributed by atoms with E-state index in [0.29, 0.717) is 12.1 Å². The molecule has 138 valence electrons. The highest BCUT2D eigenvalue weighted by atomic mass is 16.2. The third-order valence-electron chi connectivity index (χ3n) is 5.19. The van der Waals surface area contributed by atoms with E-state index in [1.54, 1.807) is 12.4 Å². The lowest BCUT2D eigenvalue weighted by molar-refractivity contribution is 0.0678. The number of hydrogen-bond donors (Lipinski definition) is 0. The molecule has 6 nitrogen and oxygen atoms in total. The molecule has 3 aromatic heterocycles. The van der Waals surface area contributed by atoms with Gasteiger partial charge in [0.05, 0.1) is 11.6 Å². The quantitative estimate of drug-likeness (QED) is 0.717. The van der Waals surface area contributed by atoms with E-state index in [1.165, 1.54) is 0 Å². The Kier molecular flexibility index (Phi) is 4.71. The topological polar surface area (TPSA) is 63.9 Å². The third kappa shape index (κ3) is 3.35. The zero-order valence-electron chi connectivity index (χ0n) is 15.7. The van der Waals surface area contributed by atoms with E-state index in [9.17, 15) is 4.79 Å². The summed E-state index contributed by atoms with van der Waals surface area (Å²) < 4.78 is 2.26. The minimum Gasteiger partial charge on any atom is -0.337 e. The van der Waals surface area contributed by atoms with Gasteiger partial charge in [0, 0.05) is 54.8 Å². The van der Waals surface area contributed by atoms with E-state index >= 15 is 0 Å². The summed E-state index contributed by atoms with van der Waals surface area (Å²) in [5.41, 5.74) is 3.57. The monoisotopic (exact) mass is 361 g/mol. The predicted octanol–water partition coefficient (Wildman–Crippen LogP) is 3.43. The maximum Gasteiger partial charge on any atom is 0.255 e. The summed E-state index contributed by atoms with van der Waals surface area (Å²) in [4.78, 5) is 28.1. The van der Waals surface area contributed by atoms with Crippen molar-refractivity contribution in [1.82, 2.24) is 24.4 Å². The summed E-state index contributed by atoms with van der Waals surface area (Å²) in [6, 6.07) is 7.83. The highest BCUT2D eigenvalue weighted by Gasteiger charge is 2.28. The standard InChI is InChI=1S/C21H23N5O/c1-15-12-24-20(17-6-3-9-22-13-17)26(15)18-7-5-11-25(14-18)21(27)19-8-4-10-23-16(19)2/h3-4,6,8-10,12-13,18H,5,7,11,14H2,1-2H3. The van der Waals surface area contributed by atoms with Gasteiger partial charge in [-0.25, -0.2) is 4.98 Å². The predicted molar refractivity (Wildman–Crippen MR) is 103 cm³/mol. The molecule has 1 saturated heterocycles. The van der Waals surface area contributed by atoms with Crippen LogP contribution in [0.1, 0.15) is 40.6 Å². The molecule has 1 unspecified atom stereocenters. The molecular weight excluding hydrogens is 338 g/mol. The fourth-order valence-electron chi connectivity index (χ4n) is 3.85. The number of pyridine rings is 2. The second-order valence-electron chi connectivity index (χ2n) is 7.02. The van der Waals surface area contributed by atoms with Crippen LogP contribution >= 0.6 is 0 Å². The van der Waals surface area contributed by atoms with Crippen molar-refractivity contribution in [3.8, 4) is 11.4 Å². The van der Waals surface area contributed by atoms with Crippen molar-refractivity contribution in [3.05, 3.63) is 66.0 Å². The maximum absolute atomic E-state index is 13.0. The Morgan fingerprint density at radius 2 is 1.96 bits per heavy atom. The Hall–Kier alpha value is -3.02. The molecule has 4 rings (SSSR count). The van der Waals surface area contributed by atoms with Gasteiger partial charge in [-0.05, 0) is 51.0 Å². The molecule has 1 aliphatic heterocycles. The van der Waals surface area contributed by atoms with Crippen LogP contribution in [-0.2, 0) is 0 Å². The largest absolute Gasteiger partial charge is 0.337 e. The molecule has 0 spiro atoms. The van der Waals surface area contributed by atoms with Gasteiger partial charge >= 0.3 is 0 Å². The molecule has 1 fully saturated rings. The molecule has 1 aliphatic rings. The minimum absolute atomic E-state index is 0.0611. The molecule has 0 bridgehead atoms. The van der Waals surface area contributed by atoms with E-state index in [-0.39, 0.29) is 11.9 Å². The number of aromatic nitrogens is 4.